The van der Waals surface area contributed by atoms with Crippen LogP contribution in [0.4, 0.5) is 8.78 Å². The van der Waals surface area contributed by atoms with Crippen LogP contribution in [0.25, 0.3) is 16.3 Å². The second kappa shape index (κ2) is 7.38. The Labute approximate surface area is 167 Å². The first-order valence-corrected chi connectivity index (χ1v) is 9.53. The van der Waals surface area contributed by atoms with E-state index in [0.29, 0.717) is 9.88 Å². The van der Waals surface area contributed by atoms with Crippen molar-refractivity contribution in [1.29, 1.82) is 0 Å². The molecular formula is C19H13ClF2N4OS. The summed E-state index contributed by atoms with van der Waals surface area (Å²) in [4.78, 5) is 6.18. The molecule has 0 saturated carbocycles. The fraction of sp³-hybridized carbons (Fsp3) is 0.105. The first-order chi connectivity index (χ1) is 13.5. The van der Waals surface area contributed by atoms with Crippen molar-refractivity contribution in [3.63, 3.8) is 0 Å². The molecule has 2 aromatic carbocycles. The smallest absolute Gasteiger partial charge is 0.142 e. The van der Waals surface area contributed by atoms with E-state index in [4.69, 9.17) is 11.6 Å². The summed E-state index contributed by atoms with van der Waals surface area (Å²) in [6, 6.07) is 10.4. The minimum Gasteiger partial charge on any atom is -0.378 e. The molecule has 1 atom stereocenters. The van der Waals surface area contributed by atoms with Gasteiger partial charge in [0.2, 0.25) is 0 Å². The van der Waals surface area contributed by atoms with E-state index in [9.17, 15) is 13.9 Å². The molecule has 142 valence electrons. The third-order valence-electron chi connectivity index (χ3n) is 4.25. The number of aromatic nitrogens is 4. The molecule has 1 N–H and O–H groups in total. The Morgan fingerprint density at radius 2 is 1.79 bits per heavy atom. The van der Waals surface area contributed by atoms with Gasteiger partial charge < -0.3 is 5.11 Å². The SMILES string of the molecule is OC(CCl)(c1cnc(-c2ccc(-n3nccn3)cc2)s1)c1ccc(F)cc1F. The van der Waals surface area contributed by atoms with Crippen molar-refractivity contribution >= 4 is 22.9 Å². The fourth-order valence-electron chi connectivity index (χ4n) is 2.78. The van der Waals surface area contributed by atoms with Gasteiger partial charge >= 0.3 is 0 Å². The molecule has 28 heavy (non-hydrogen) atoms. The number of nitrogens with zero attached hydrogens (tertiary/aromatic N) is 4. The summed E-state index contributed by atoms with van der Waals surface area (Å²) >= 11 is 7.16. The first kappa shape index (κ1) is 18.7. The minimum atomic E-state index is -1.81. The van der Waals surface area contributed by atoms with Crippen LogP contribution in [-0.2, 0) is 5.60 Å². The van der Waals surface area contributed by atoms with E-state index in [0.717, 1.165) is 23.4 Å². The van der Waals surface area contributed by atoms with Gasteiger partial charge in [0.05, 0.1) is 28.8 Å². The van der Waals surface area contributed by atoms with Crippen LogP contribution < -0.4 is 0 Å². The second-order valence-electron chi connectivity index (χ2n) is 6.01. The van der Waals surface area contributed by atoms with E-state index in [-0.39, 0.29) is 11.4 Å². The zero-order chi connectivity index (χ0) is 19.7. The van der Waals surface area contributed by atoms with Crippen LogP contribution in [-0.4, -0.2) is 31.0 Å². The highest BCUT2D eigenvalue weighted by atomic mass is 35.5. The highest BCUT2D eigenvalue weighted by Crippen LogP contribution is 2.38. The molecule has 0 aliphatic heterocycles. The lowest BCUT2D eigenvalue weighted by Crippen LogP contribution is -2.29. The highest BCUT2D eigenvalue weighted by molar-refractivity contribution is 7.15. The predicted octanol–water partition coefficient (Wildman–Crippen LogP) is 4.14. The maximum absolute atomic E-state index is 14.2. The minimum absolute atomic E-state index is 0.0980. The number of hydrogen-bond acceptors (Lipinski definition) is 5. The lowest BCUT2D eigenvalue weighted by Gasteiger charge is -2.25. The molecule has 9 heteroatoms. The molecule has 5 nitrogen and oxygen atoms in total. The topological polar surface area (TPSA) is 63.8 Å². The van der Waals surface area contributed by atoms with Gasteiger partial charge in [0.25, 0.3) is 0 Å². The van der Waals surface area contributed by atoms with Crippen molar-refractivity contribution in [2.75, 3.05) is 5.88 Å². The highest BCUT2D eigenvalue weighted by Gasteiger charge is 2.36. The van der Waals surface area contributed by atoms with E-state index in [1.165, 1.54) is 28.4 Å². The molecule has 0 amide bonds. The van der Waals surface area contributed by atoms with Gasteiger partial charge in [-0.05, 0) is 36.4 Å². The quantitative estimate of drug-likeness (QED) is 0.495. The lowest BCUT2D eigenvalue weighted by atomic mass is 9.94. The Bertz CT molecular complexity index is 1100. The van der Waals surface area contributed by atoms with Crippen molar-refractivity contribution in [2.24, 2.45) is 0 Å². The number of hydrogen-bond donors (Lipinski definition) is 1. The molecule has 0 radical (unpaired) electrons. The van der Waals surface area contributed by atoms with E-state index in [1.54, 1.807) is 12.4 Å². The van der Waals surface area contributed by atoms with Gasteiger partial charge in [-0.25, -0.2) is 13.8 Å². The summed E-state index contributed by atoms with van der Waals surface area (Å²) in [6.45, 7) is 0. The normalized spacial score (nSPS) is 13.4. The van der Waals surface area contributed by atoms with Crippen molar-refractivity contribution in [1.82, 2.24) is 20.0 Å². The summed E-state index contributed by atoms with van der Waals surface area (Å²) in [7, 11) is 0. The number of aliphatic hydroxyl groups is 1. The second-order valence-corrected chi connectivity index (χ2v) is 7.31. The van der Waals surface area contributed by atoms with Crippen molar-refractivity contribution < 1.29 is 13.9 Å². The Hall–Kier alpha value is -2.68. The van der Waals surface area contributed by atoms with Crippen LogP contribution in [0.2, 0.25) is 0 Å². The Morgan fingerprint density at radius 1 is 1.07 bits per heavy atom. The summed E-state index contributed by atoms with van der Waals surface area (Å²) in [5.74, 6) is -1.90. The van der Waals surface area contributed by atoms with Crippen LogP contribution in [0.1, 0.15) is 10.4 Å². The van der Waals surface area contributed by atoms with Gasteiger partial charge in [0.15, 0.2) is 0 Å². The van der Waals surface area contributed by atoms with E-state index >= 15 is 0 Å². The van der Waals surface area contributed by atoms with Gasteiger partial charge in [0.1, 0.15) is 22.2 Å². The van der Waals surface area contributed by atoms with Crippen molar-refractivity contribution in [2.45, 2.75) is 5.60 Å². The largest absolute Gasteiger partial charge is 0.378 e. The Morgan fingerprint density at radius 3 is 2.43 bits per heavy atom. The van der Waals surface area contributed by atoms with E-state index in [1.807, 2.05) is 24.3 Å². The number of alkyl halides is 1. The zero-order valence-electron chi connectivity index (χ0n) is 14.3. The van der Waals surface area contributed by atoms with Crippen molar-refractivity contribution in [3.05, 3.63) is 83.1 Å². The maximum atomic E-state index is 14.2. The third kappa shape index (κ3) is 3.30. The average Bonchev–Trinajstić information content (AvgIpc) is 3.40. The molecule has 0 bridgehead atoms. The van der Waals surface area contributed by atoms with Gasteiger partial charge in [-0.3, -0.25) is 0 Å². The molecule has 0 aliphatic carbocycles. The third-order valence-corrected chi connectivity index (χ3v) is 5.83. The molecule has 1 unspecified atom stereocenters. The summed E-state index contributed by atoms with van der Waals surface area (Å²) in [6.07, 6.45) is 4.62. The predicted molar refractivity (Wildman–Crippen MR) is 103 cm³/mol. The molecule has 4 rings (SSSR count). The summed E-state index contributed by atoms with van der Waals surface area (Å²) in [5.41, 5.74) is -0.312. The average molecular weight is 419 g/mol. The zero-order valence-corrected chi connectivity index (χ0v) is 15.8. The Kier molecular flexibility index (Phi) is 4.92. The van der Waals surface area contributed by atoms with E-state index < -0.39 is 17.2 Å². The maximum Gasteiger partial charge on any atom is 0.142 e. The van der Waals surface area contributed by atoms with Gasteiger partial charge in [0, 0.05) is 23.4 Å². The molecule has 0 spiro atoms. The lowest BCUT2D eigenvalue weighted by molar-refractivity contribution is 0.105. The number of halogens is 3. The summed E-state index contributed by atoms with van der Waals surface area (Å²) in [5, 5.41) is 19.8. The first-order valence-electron chi connectivity index (χ1n) is 8.18. The molecular weight excluding hydrogens is 406 g/mol. The number of benzene rings is 2. The summed E-state index contributed by atoms with van der Waals surface area (Å²) < 4.78 is 27.5. The standard InChI is InChI=1S/C19H13ClF2N4OS/c20-11-19(27,15-6-3-13(21)9-16(15)22)17-10-23-18(28-17)12-1-4-14(5-2-12)26-24-7-8-25-26/h1-10,27H,11H2. The molecule has 0 fully saturated rings. The van der Waals surface area contributed by atoms with E-state index in [2.05, 4.69) is 15.2 Å². The Balaban J connectivity index is 1.67. The van der Waals surface area contributed by atoms with Crippen LogP contribution in [0.3, 0.4) is 0 Å². The van der Waals surface area contributed by atoms with Crippen LogP contribution >= 0.6 is 22.9 Å². The monoisotopic (exact) mass is 418 g/mol. The number of rotatable bonds is 5. The molecule has 2 aromatic heterocycles. The molecule has 4 aromatic rings. The van der Waals surface area contributed by atoms with Gasteiger partial charge in [-0.2, -0.15) is 15.0 Å². The van der Waals surface area contributed by atoms with Gasteiger partial charge in [-0.1, -0.05) is 0 Å². The molecule has 0 aliphatic rings. The van der Waals surface area contributed by atoms with Gasteiger partial charge in [-0.15, -0.1) is 22.9 Å². The van der Waals surface area contributed by atoms with Crippen LogP contribution in [0.5, 0.6) is 0 Å². The fourth-order valence-corrected chi connectivity index (χ4v) is 4.17. The van der Waals surface area contributed by atoms with Crippen LogP contribution in [0, 0.1) is 11.6 Å². The molecule has 2 heterocycles. The number of thiazole rings is 1. The molecule has 0 saturated heterocycles. The van der Waals surface area contributed by atoms with Crippen LogP contribution in [0.15, 0.2) is 61.1 Å². The van der Waals surface area contributed by atoms with Crippen molar-refractivity contribution in [3.8, 4) is 16.3 Å².